The number of carbonyl (C=O) groups is 1. The molecule has 1 heterocycles. The van der Waals surface area contributed by atoms with Gasteiger partial charge in [0, 0.05) is 12.2 Å². The first-order valence-corrected chi connectivity index (χ1v) is 10.4. The molecule has 7 heteroatoms. The first kappa shape index (κ1) is 19.4. The lowest BCUT2D eigenvalue weighted by Crippen LogP contribution is -2.30. The van der Waals surface area contributed by atoms with Crippen molar-refractivity contribution in [2.45, 2.75) is 36.9 Å². The van der Waals surface area contributed by atoms with Crippen LogP contribution in [0, 0.1) is 13.8 Å². The highest BCUT2D eigenvalue weighted by atomic mass is 32.2. The van der Waals surface area contributed by atoms with E-state index >= 15 is 0 Å². The maximum atomic E-state index is 12.3. The number of aromatic nitrogens is 2. The maximum Gasteiger partial charge on any atom is 0.233 e. The minimum absolute atomic E-state index is 0.0104. The molecule has 5 nitrogen and oxygen atoms in total. The summed E-state index contributed by atoms with van der Waals surface area (Å²) in [5.74, 6) is -0.0104. The second-order valence-electron chi connectivity index (χ2n) is 6.33. The average molecular weight is 399 g/mol. The Kier molecular flexibility index (Phi) is 6.47. The Morgan fingerprint density at radius 1 is 1.04 bits per heavy atom. The fourth-order valence-electron chi connectivity index (χ4n) is 2.31. The molecule has 0 aliphatic heterocycles. The molecule has 140 valence electrons. The summed E-state index contributed by atoms with van der Waals surface area (Å²) in [5.41, 5.74) is 4.48. The molecule has 0 fully saturated rings. The van der Waals surface area contributed by atoms with Crippen LogP contribution in [0.5, 0.6) is 0 Å². The van der Waals surface area contributed by atoms with Gasteiger partial charge in [-0.25, -0.2) is 0 Å². The van der Waals surface area contributed by atoms with Gasteiger partial charge in [0.25, 0.3) is 0 Å². The van der Waals surface area contributed by atoms with Crippen molar-refractivity contribution >= 4 is 39.8 Å². The molecule has 1 amide bonds. The van der Waals surface area contributed by atoms with Crippen molar-refractivity contribution in [3.63, 3.8) is 0 Å². The van der Waals surface area contributed by atoms with Gasteiger partial charge in [-0.1, -0.05) is 70.6 Å². The van der Waals surface area contributed by atoms with Crippen LogP contribution in [0.1, 0.15) is 23.6 Å². The van der Waals surface area contributed by atoms with Crippen molar-refractivity contribution in [1.82, 2.24) is 15.5 Å². The van der Waals surface area contributed by atoms with Gasteiger partial charge in [0.1, 0.15) is 0 Å². The van der Waals surface area contributed by atoms with Crippen molar-refractivity contribution in [3.05, 3.63) is 65.2 Å². The molecular weight excluding hydrogens is 376 g/mol. The lowest BCUT2D eigenvalue weighted by Gasteiger charge is -2.10. The van der Waals surface area contributed by atoms with E-state index < -0.39 is 0 Å². The Labute approximate surface area is 167 Å². The predicted octanol–water partition coefficient (Wildman–Crippen LogP) is 4.70. The number of nitrogens with one attached hydrogen (secondary N) is 2. The third-order valence-corrected chi connectivity index (χ3v) is 5.97. The van der Waals surface area contributed by atoms with Crippen LogP contribution in [0.25, 0.3) is 0 Å². The van der Waals surface area contributed by atoms with Gasteiger partial charge in [-0.2, -0.15) is 0 Å². The van der Waals surface area contributed by atoms with Crippen LogP contribution in [0.3, 0.4) is 0 Å². The topological polar surface area (TPSA) is 66.9 Å². The van der Waals surface area contributed by atoms with Crippen LogP contribution in [0.4, 0.5) is 10.8 Å². The SMILES string of the molecule is Cc1ccc(CNC(=O)C(C)Sc2nnc(Nc3ccc(C)cc3)s2)cc1. The molecule has 0 aliphatic carbocycles. The van der Waals surface area contributed by atoms with Crippen molar-refractivity contribution in [3.8, 4) is 0 Å². The summed E-state index contributed by atoms with van der Waals surface area (Å²) in [6.07, 6.45) is 0. The maximum absolute atomic E-state index is 12.3. The van der Waals surface area contributed by atoms with Crippen LogP contribution in [0.2, 0.25) is 0 Å². The number of benzene rings is 2. The fraction of sp³-hybridized carbons (Fsp3) is 0.250. The fourth-order valence-corrected chi connectivity index (χ4v) is 4.25. The van der Waals surface area contributed by atoms with Crippen LogP contribution in [-0.2, 0) is 11.3 Å². The van der Waals surface area contributed by atoms with Crippen molar-refractivity contribution in [2.75, 3.05) is 5.32 Å². The highest BCUT2D eigenvalue weighted by Crippen LogP contribution is 2.30. The van der Waals surface area contributed by atoms with Crippen molar-refractivity contribution in [2.24, 2.45) is 0 Å². The van der Waals surface area contributed by atoms with E-state index in [1.54, 1.807) is 0 Å². The van der Waals surface area contributed by atoms with E-state index in [1.807, 2.05) is 62.4 Å². The van der Waals surface area contributed by atoms with E-state index in [-0.39, 0.29) is 11.2 Å². The molecule has 0 radical (unpaired) electrons. The molecule has 3 rings (SSSR count). The van der Waals surface area contributed by atoms with Gasteiger partial charge in [-0.15, -0.1) is 10.2 Å². The largest absolute Gasteiger partial charge is 0.351 e. The van der Waals surface area contributed by atoms with Crippen molar-refractivity contribution < 1.29 is 4.79 Å². The number of aryl methyl sites for hydroxylation is 2. The third-order valence-electron chi connectivity index (χ3n) is 3.94. The first-order valence-electron chi connectivity index (χ1n) is 8.67. The summed E-state index contributed by atoms with van der Waals surface area (Å²) in [6, 6.07) is 16.2. The Balaban J connectivity index is 1.50. The third kappa shape index (κ3) is 5.80. The van der Waals surface area contributed by atoms with Gasteiger partial charge in [-0.05, 0) is 38.5 Å². The molecule has 1 aromatic heterocycles. The quantitative estimate of drug-likeness (QED) is 0.565. The summed E-state index contributed by atoms with van der Waals surface area (Å²) in [7, 11) is 0. The van der Waals surface area contributed by atoms with E-state index in [1.165, 1.54) is 34.2 Å². The van der Waals surface area contributed by atoms with Gasteiger partial charge in [-0.3, -0.25) is 4.79 Å². The predicted molar refractivity (Wildman–Crippen MR) is 113 cm³/mol. The molecule has 1 unspecified atom stereocenters. The van der Waals surface area contributed by atoms with Gasteiger partial charge >= 0.3 is 0 Å². The molecule has 3 aromatic rings. The van der Waals surface area contributed by atoms with E-state index in [4.69, 9.17) is 0 Å². The van der Waals surface area contributed by atoms with Crippen LogP contribution < -0.4 is 10.6 Å². The van der Waals surface area contributed by atoms with E-state index in [2.05, 4.69) is 27.8 Å². The Hall–Kier alpha value is -2.38. The normalized spacial score (nSPS) is 11.8. The molecule has 1 atom stereocenters. The van der Waals surface area contributed by atoms with Gasteiger partial charge in [0.2, 0.25) is 11.0 Å². The van der Waals surface area contributed by atoms with E-state index in [0.29, 0.717) is 11.7 Å². The van der Waals surface area contributed by atoms with Gasteiger partial charge < -0.3 is 10.6 Å². The smallest absolute Gasteiger partial charge is 0.233 e. The average Bonchev–Trinajstić information content (AvgIpc) is 3.09. The number of hydrogen-bond donors (Lipinski definition) is 2. The second kappa shape index (κ2) is 9.01. The molecule has 0 spiro atoms. The molecule has 27 heavy (non-hydrogen) atoms. The van der Waals surface area contributed by atoms with E-state index in [0.717, 1.165) is 15.6 Å². The minimum Gasteiger partial charge on any atom is -0.351 e. The zero-order valence-corrected chi connectivity index (χ0v) is 17.2. The molecule has 0 bridgehead atoms. The minimum atomic E-state index is -0.240. The second-order valence-corrected chi connectivity index (χ2v) is 8.89. The number of nitrogens with zero attached hydrogens (tertiary/aromatic N) is 2. The zero-order chi connectivity index (χ0) is 19.2. The summed E-state index contributed by atoms with van der Waals surface area (Å²) >= 11 is 2.86. The van der Waals surface area contributed by atoms with Crippen LogP contribution in [-0.4, -0.2) is 21.4 Å². The van der Waals surface area contributed by atoms with Gasteiger partial charge in [0.05, 0.1) is 5.25 Å². The number of carbonyl (C=O) groups excluding carboxylic acids is 1. The monoisotopic (exact) mass is 398 g/mol. The lowest BCUT2D eigenvalue weighted by atomic mass is 10.1. The van der Waals surface area contributed by atoms with Crippen LogP contribution in [0.15, 0.2) is 52.9 Å². The molecule has 0 saturated carbocycles. The Morgan fingerprint density at radius 3 is 2.33 bits per heavy atom. The number of anilines is 2. The molecule has 2 aromatic carbocycles. The standard InChI is InChI=1S/C20H22N4OS2/c1-13-4-8-16(9-5-13)12-21-18(25)15(3)26-20-24-23-19(27-20)22-17-10-6-14(2)7-11-17/h4-11,15H,12H2,1-3H3,(H,21,25)(H,22,23). The zero-order valence-electron chi connectivity index (χ0n) is 15.5. The number of thioether (sulfide) groups is 1. The molecule has 2 N–H and O–H groups in total. The summed E-state index contributed by atoms with van der Waals surface area (Å²) < 4.78 is 0.766. The summed E-state index contributed by atoms with van der Waals surface area (Å²) in [4.78, 5) is 12.3. The number of hydrogen-bond acceptors (Lipinski definition) is 6. The highest BCUT2D eigenvalue weighted by Gasteiger charge is 2.17. The first-order chi connectivity index (χ1) is 13.0. The van der Waals surface area contributed by atoms with E-state index in [9.17, 15) is 4.79 Å². The van der Waals surface area contributed by atoms with Gasteiger partial charge in [0.15, 0.2) is 4.34 Å². The number of rotatable bonds is 7. The summed E-state index contributed by atoms with van der Waals surface area (Å²) in [6.45, 7) is 6.50. The molecular formula is C20H22N4OS2. The molecule has 0 saturated heterocycles. The highest BCUT2D eigenvalue weighted by molar-refractivity contribution is 8.02. The Bertz CT molecular complexity index is 891. The Morgan fingerprint density at radius 2 is 1.67 bits per heavy atom. The van der Waals surface area contributed by atoms with Crippen molar-refractivity contribution in [1.29, 1.82) is 0 Å². The lowest BCUT2D eigenvalue weighted by molar-refractivity contribution is -0.120. The molecule has 0 aliphatic rings. The number of amides is 1. The van der Waals surface area contributed by atoms with Crippen LogP contribution >= 0.6 is 23.1 Å². The summed E-state index contributed by atoms with van der Waals surface area (Å²) in [5, 5.41) is 15.0.